The van der Waals surface area contributed by atoms with E-state index >= 15 is 0 Å². The number of piperidine rings is 1. The number of likely N-dealkylation sites (N-methyl/N-ethyl adjacent to an activating group) is 1. The van der Waals surface area contributed by atoms with Crippen LogP contribution in [0.3, 0.4) is 0 Å². The van der Waals surface area contributed by atoms with Crippen molar-refractivity contribution in [1.82, 2.24) is 14.8 Å². The summed E-state index contributed by atoms with van der Waals surface area (Å²) in [4.78, 5) is 31.6. The second kappa shape index (κ2) is 5.48. The fourth-order valence-electron chi connectivity index (χ4n) is 2.99. The van der Waals surface area contributed by atoms with Crippen LogP contribution in [0.4, 0.5) is 0 Å². The first-order valence-electron chi connectivity index (χ1n) is 7.11. The van der Waals surface area contributed by atoms with E-state index in [9.17, 15) is 9.59 Å². The van der Waals surface area contributed by atoms with E-state index in [-0.39, 0.29) is 30.4 Å². The summed E-state index contributed by atoms with van der Waals surface area (Å²) in [5.41, 5.74) is 0.368. The summed E-state index contributed by atoms with van der Waals surface area (Å²) in [6, 6.07) is 0. The Hall–Kier alpha value is -1.89. The zero-order chi connectivity index (χ0) is 15.0. The fraction of sp³-hybridized carbons (Fsp3) is 0.643. The average Bonchev–Trinajstić information content (AvgIpc) is 2.84. The lowest BCUT2D eigenvalue weighted by Gasteiger charge is -2.37. The number of hydrogen-bond donors (Lipinski definition) is 0. The minimum Gasteiger partial charge on any atom is -0.448 e. The normalized spacial score (nSPS) is 26.5. The lowest BCUT2D eigenvalue weighted by Crippen LogP contribution is -2.49. The number of rotatable bonds is 1. The number of aromatic nitrogens is 1. The smallest absolute Gasteiger partial charge is 0.276 e. The largest absolute Gasteiger partial charge is 0.448 e. The van der Waals surface area contributed by atoms with Crippen LogP contribution >= 0.6 is 0 Å². The molecule has 2 aliphatic rings. The molecule has 0 spiro atoms. The molecule has 0 radical (unpaired) electrons. The highest BCUT2D eigenvalue weighted by Crippen LogP contribution is 2.25. The maximum Gasteiger partial charge on any atom is 0.276 e. The number of amides is 2. The average molecular weight is 293 g/mol. The summed E-state index contributed by atoms with van der Waals surface area (Å²) in [6.07, 6.45) is 2.08. The predicted octanol–water partition coefficient (Wildman–Crippen LogP) is 0.302. The van der Waals surface area contributed by atoms with Crippen LogP contribution in [0, 0.1) is 12.8 Å². The highest BCUT2D eigenvalue weighted by molar-refractivity contribution is 5.93. The molecule has 2 amide bonds. The monoisotopic (exact) mass is 293 g/mol. The van der Waals surface area contributed by atoms with Crippen LogP contribution in [0.15, 0.2) is 10.8 Å². The fourth-order valence-corrected chi connectivity index (χ4v) is 2.99. The topological polar surface area (TPSA) is 75.9 Å². The van der Waals surface area contributed by atoms with Crippen LogP contribution in [0.25, 0.3) is 0 Å². The Bertz CT molecular complexity index is 556. The van der Waals surface area contributed by atoms with Gasteiger partial charge < -0.3 is 19.0 Å². The van der Waals surface area contributed by atoms with E-state index in [0.29, 0.717) is 31.1 Å². The number of fused-ring (bicyclic) bond motifs is 1. The molecule has 3 rings (SSSR count). The minimum absolute atomic E-state index is 0.00498. The van der Waals surface area contributed by atoms with Gasteiger partial charge in [0.25, 0.3) is 5.91 Å². The quantitative estimate of drug-likeness (QED) is 0.744. The van der Waals surface area contributed by atoms with Crippen LogP contribution in [0.1, 0.15) is 22.7 Å². The van der Waals surface area contributed by atoms with Gasteiger partial charge in [0.05, 0.1) is 6.10 Å². The van der Waals surface area contributed by atoms with Crippen molar-refractivity contribution in [3.8, 4) is 0 Å². The molecule has 0 N–H and O–H groups in total. The van der Waals surface area contributed by atoms with Gasteiger partial charge in [-0.25, -0.2) is 4.98 Å². The van der Waals surface area contributed by atoms with Gasteiger partial charge >= 0.3 is 0 Å². The lowest BCUT2D eigenvalue weighted by molar-refractivity contribution is -0.133. The van der Waals surface area contributed by atoms with Crippen molar-refractivity contribution in [2.24, 2.45) is 5.92 Å². The highest BCUT2D eigenvalue weighted by atomic mass is 16.5. The first-order valence-corrected chi connectivity index (χ1v) is 7.11. The molecule has 2 fully saturated rings. The van der Waals surface area contributed by atoms with E-state index in [4.69, 9.17) is 9.15 Å². The Balaban J connectivity index is 1.72. The molecule has 114 valence electrons. The van der Waals surface area contributed by atoms with E-state index in [1.54, 1.807) is 23.8 Å². The molecule has 21 heavy (non-hydrogen) atoms. The molecule has 7 nitrogen and oxygen atoms in total. The Morgan fingerprint density at radius 3 is 2.95 bits per heavy atom. The van der Waals surface area contributed by atoms with E-state index in [0.717, 1.165) is 6.42 Å². The van der Waals surface area contributed by atoms with Crippen molar-refractivity contribution in [1.29, 1.82) is 0 Å². The van der Waals surface area contributed by atoms with Crippen LogP contribution in [-0.4, -0.2) is 66.0 Å². The SMILES string of the molecule is Cc1ocnc1C(=O)N1CC[C@@H]2OCC(=O)N(C)C[C@H]2C1. The van der Waals surface area contributed by atoms with Crippen LogP contribution in [-0.2, 0) is 9.53 Å². The number of ether oxygens (including phenoxy) is 1. The van der Waals surface area contributed by atoms with Gasteiger partial charge in [0, 0.05) is 32.6 Å². The molecule has 0 bridgehead atoms. The summed E-state index contributed by atoms with van der Waals surface area (Å²) in [7, 11) is 1.77. The van der Waals surface area contributed by atoms with Gasteiger partial charge in [0.2, 0.25) is 5.91 Å². The zero-order valence-electron chi connectivity index (χ0n) is 12.2. The van der Waals surface area contributed by atoms with Gasteiger partial charge in [-0.2, -0.15) is 0 Å². The van der Waals surface area contributed by atoms with Crippen molar-refractivity contribution < 1.29 is 18.7 Å². The van der Waals surface area contributed by atoms with Crippen LogP contribution in [0.5, 0.6) is 0 Å². The Morgan fingerprint density at radius 1 is 1.43 bits per heavy atom. The van der Waals surface area contributed by atoms with Gasteiger partial charge in [-0.1, -0.05) is 0 Å². The van der Waals surface area contributed by atoms with Gasteiger partial charge in [-0.3, -0.25) is 9.59 Å². The highest BCUT2D eigenvalue weighted by Gasteiger charge is 2.37. The molecule has 0 saturated carbocycles. The third-order valence-corrected chi connectivity index (χ3v) is 4.25. The Kier molecular flexibility index (Phi) is 3.67. The maximum atomic E-state index is 12.5. The van der Waals surface area contributed by atoms with E-state index < -0.39 is 0 Å². The van der Waals surface area contributed by atoms with E-state index in [2.05, 4.69) is 4.98 Å². The second-order valence-electron chi connectivity index (χ2n) is 5.68. The molecule has 1 aromatic rings. The Labute approximate surface area is 122 Å². The van der Waals surface area contributed by atoms with E-state index in [1.807, 2.05) is 0 Å². The van der Waals surface area contributed by atoms with Crippen molar-refractivity contribution in [2.45, 2.75) is 19.4 Å². The molecule has 2 atom stereocenters. The molecule has 0 aromatic carbocycles. The molecule has 7 heteroatoms. The molecular formula is C14H19N3O4. The van der Waals surface area contributed by atoms with Gasteiger partial charge in [0.1, 0.15) is 12.4 Å². The molecule has 0 unspecified atom stereocenters. The molecule has 0 aliphatic carbocycles. The summed E-state index contributed by atoms with van der Waals surface area (Å²) in [5, 5.41) is 0. The molecule has 1 aromatic heterocycles. The van der Waals surface area contributed by atoms with Gasteiger partial charge in [0.15, 0.2) is 12.1 Å². The summed E-state index contributed by atoms with van der Waals surface area (Å²) < 4.78 is 10.8. The van der Waals surface area contributed by atoms with Crippen molar-refractivity contribution >= 4 is 11.8 Å². The number of carbonyl (C=O) groups excluding carboxylic acids is 2. The molecule has 2 saturated heterocycles. The number of oxazole rings is 1. The Morgan fingerprint density at radius 2 is 2.24 bits per heavy atom. The maximum absolute atomic E-state index is 12.5. The minimum atomic E-state index is -0.113. The van der Waals surface area contributed by atoms with Crippen molar-refractivity contribution in [2.75, 3.05) is 33.3 Å². The third kappa shape index (κ3) is 2.65. The second-order valence-corrected chi connectivity index (χ2v) is 5.68. The summed E-state index contributed by atoms with van der Waals surface area (Å²) in [6.45, 7) is 3.67. The van der Waals surface area contributed by atoms with Crippen molar-refractivity contribution in [3.05, 3.63) is 17.8 Å². The van der Waals surface area contributed by atoms with Gasteiger partial charge in [-0.15, -0.1) is 0 Å². The third-order valence-electron chi connectivity index (χ3n) is 4.25. The first kappa shape index (κ1) is 14.1. The number of hydrogen-bond acceptors (Lipinski definition) is 5. The zero-order valence-corrected chi connectivity index (χ0v) is 12.2. The number of likely N-dealkylation sites (tertiary alicyclic amines) is 1. The lowest BCUT2D eigenvalue weighted by atomic mass is 9.94. The summed E-state index contributed by atoms with van der Waals surface area (Å²) in [5.74, 6) is 0.561. The summed E-state index contributed by atoms with van der Waals surface area (Å²) >= 11 is 0. The van der Waals surface area contributed by atoms with Crippen LogP contribution < -0.4 is 0 Å². The standard InChI is InChI=1S/C14H19N3O4/c1-9-13(15-8-21-9)14(19)17-4-3-11-10(6-17)5-16(2)12(18)7-20-11/h8,10-11H,3-7H2,1-2H3/t10-,11-/m0/s1. The van der Waals surface area contributed by atoms with Crippen molar-refractivity contribution in [3.63, 3.8) is 0 Å². The molecular weight excluding hydrogens is 274 g/mol. The molecule has 3 heterocycles. The van der Waals surface area contributed by atoms with Crippen LogP contribution in [0.2, 0.25) is 0 Å². The number of nitrogens with zero attached hydrogens (tertiary/aromatic N) is 3. The first-order chi connectivity index (χ1) is 10.1. The van der Waals surface area contributed by atoms with E-state index in [1.165, 1.54) is 6.39 Å². The number of carbonyl (C=O) groups is 2. The predicted molar refractivity (Wildman–Crippen MR) is 72.6 cm³/mol. The number of aryl methyl sites for hydroxylation is 1. The molecule has 2 aliphatic heterocycles. The van der Waals surface area contributed by atoms with Gasteiger partial charge in [-0.05, 0) is 13.3 Å².